The van der Waals surface area contributed by atoms with Crippen LogP contribution in [0.25, 0.3) is 0 Å². The highest BCUT2D eigenvalue weighted by atomic mass is 32.2. The molecule has 1 aliphatic heterocycles. The minimum Gasteiger partial charge on any atom is -0.435 e. The molecule has 198 valence electrons. The van der Waals surface area contributed by atoms with Gasteiger partial charge in [0.25, 0.3) is 0 Å². The fraction of sp³-hybridized carbons (Fsp3) is 0.385. The molecule has 1 amide bonds. The Labute approximate surface area is 219 Å². The number of anilines is 1. The largest absolute Gasteiger partial charge is 0.435 e. The van der Waals surface area contributed by atoms with Gasteiger partial charge in [-0.15, -0.1) is 11.3 Å². The number of rotatable bonds is 10. The summed E-state index contributed by atoms with van der Waals surface area (Å²) >= 11 is 1.45. The molecular weight excluding hydrogens is 520 g/mol. The third-order valence-corrected chi connectivity index (χ3v) is 8.91. The Morgan fingerprint density at radius 3 is 2.38 bits per heavy atom. The minimum atomic E-state index is -3.28. The fourth-order valence-electron chi connectivity index (χ4n) is 4.45. The van der Waals surface area contributed by atoms with E-state index in [9.17, 15) is 22.0 Å². The van der Waals surface area contributed by atoms with Crippen molar-refractivity contribution in [3.63, 3.8) is 0 Å². The predicted octanol–water partition coefficient (Wildman–Crippen LogP) is 5.43. The molecule has 0 radical (unpaired) electrons. The summed E-state index contributed by atoms with van der Waals surface area (Å²) in [5.41, 5.74) is 2.64. The van der Waals surface area contributed by atoms with Crippen molar-refractivity contribution in [3.05, 3.63) is 70.2 Å². The van der Waals surface area contributed by atoms with Gasteiger partial charge in [0.2, 0.25) is 5.91 Å². The van der Waals surface area contributed by atoms with Gasteiger partial charge >= 0.3 is 6.61 Å². The number of halogens is 2. The number of benzene rings is 2. The number of carbonyl (C=O) groups is 1. The number of nitrogens with one attached hydrogen (secondary N) is 1. The zero-order valence-corrected chi connectivity index (χ0v) is 22.4. The van der Waals surface area contributed by atoms with Gasteiger partial charge in [-0.1, -0.05) is 45.0 Å². The molecule has 1 aliphatic rings. The molecule has 1 atom stereocenters. The lowest BCUT2D eigenvalue weighted by molar-refractivity contribution is -0.115. The molecule has 2 aromatic carbocycles. The normalized spacial score (nSPS) is 15.8. The third-order valence-electron chi connectivity index (χ3n) is 6.19. The van der Waals surface area contributed by atoms with Gasteiger partial charge in [-0.25, -0.2) is 13.4 Å². The first-order valence-electron chi connectivity index (χ1n) is 11.9. The van der Waals surface area contributed by atoms with E-state index in [2.05, 4.69) is 28.8 Å². The number of nitrogens with zero attached hydrogens (tertiary/aromatic N) is 2. The van der Waals surface area contributed by atoms with Gasteiger partial charge < -0.3 is 10.1 Å². The van der Waals surface area contributed by atoms with Gasteiger partial charge in [0.05, 0.1) is 28.8 Å². The van der Waals surface area contributed by atoms with E-state index in [0.717, 1.165) is 16.1 Å². The van der Waals surface area contributed by atoms with Crippen LogP contribution >= 0.6 is 11.3 Å². The highest BCUT2D eigenvalue weighted by Gasteiger charge is 2.36. The van der Waals surface area contributed by atoms with Gasteiger partial charge in [-0.2, -0.15) is 8.78 Å². The Morgan fingerprint density at radius 1 is 1.14 bits per heavy atom. The van der Waals surface area contributed by atoms with Crippen molar-refractivity contribution in [2.24, 2.45) is 5.92 Å². The molecule has 3 aromatic rings. The first-order chi connectivity index (χ1) is 17.6. The molecule has 0 bridgehead atoms. The lowest BCUT2D eigenvalue weighted by Crippen LogP contribution is -2.26. The SMILES string of the molecule is CCS(=O)(=O)c1ccc(CC(=O)Nc2nc3c(s2)CN(Cc2ccc(OC(F)F)cc2)[C@H]3C(C)C)cc1. The highest BCUT2D eigenvalue weighted by molar-refractivity contribution is 7.91. The molecular formula is C26H29F2N3O4S2. The molecule has 0 saturated carbocycles. The summed E-state index contributed by atoms with van der Waals surface area (Å²) in [5, 5.41) is 3.42. The third kappa shape index (κ3) is 6.52. The average Bonchev–Trinajstić information content (AvgIpc) is 3.36. The van der Waals surface area contributed by atoms with E-state index in [1.165, 1.54) is 23.5 Å². The second kappa shape index (κ2) is 11.2. The van der Waals surface area contributed by atoms with Gasteiger partial charge in [0, 0.05) is 18.0 Å². The summed E-state index contributed by atoms with van der Waals surface area (Å²) in [7, 11) is -3.28. The molecule has 0 saturated heterocycles. The number of thiazole rings is 1. The van der Waals surface area contributed by atoms with Crippen LogP contribution in [0.15, 0.2) is 53.4 Å². The standard InChI is InChI=1S/C26H29F2N3O4S2/c1-4-37(33,34)20-11-7-17(8-12-20)13-22(32)29-26-30-23-21(36-26)15-31(24(23)16(2)3)14-18-5-9-19(10-6-18)35-25(27)28/h5-12,16,24-25H,4,13-15H2,1-3H3,(H,29,30,32)/t24-/m0/s1. The fourth-order valence-corrected chi connectivity index (χ4v) is 6.38. The van der Waals surface area contributed by atoms with Crippen molar-refractivity contribution < 1.29 is 26.7 Å². The Morgan fingerprint density at radius 2 is 1.78 bits per heavy atom. The van der Waals surface area contributed by atoms with Crippen LogP contribution in [0, 0.1) is 5.92 Å². The van der Waals surface area contributed by atoms with E-state index in [1.54, 1.807) is 43.3 Å². The number of hydrogen-bond acceptors (Lipinski definition) is 7. The number of fused-ring (bicyclic) bond motifs is 1. The quantitative estimate of drug-likeness (QED) is 0.363. The summed E-state index contributed by atoms with van der Waals surface area (Å²) in [6.45, 7) is 4.28. The van der Waals surface area contributed by atoms with E-state index in [4.69, 9.17) is 4.98 Å². The Kier molecular flexibility index (Phi) is 8.25. The van der Waals surface area contributed by atoms with Gasteiger partial charge in [-0.3, -0.25) is 9.69 Å². The number of alkyl halides is 2. The predicted molar refractivity (Wildman–Crippen MR) is 139 cm³/mol. The number of sulfone groups is 1. The molecule has 1 aromatic heterocycles. The Hall–Kier alpha value is -2.89. The summed E-state index contributed by atoms with van der Waals surface area (Å²) in [6, 6.07) is 13.1. The van der Waals surface area contributed by atoms with E-state index >= 15 is 0 Å². The minimum absolute atomic E-state index is 0.0267. The first-order valence-corrected chi connectivity index (χ1v) is 14.4. The van der Waals surface area contributed by atoms with Crippen molar-refractivity contribution in [1.29, 1.82) is 0 Å². The van der Waals surface area contributed by atoms with Gasteiger partial charge in [-0.05, 0) is 41.3 Å². The summed E-state index contributed by atoms with van der Waals surface area (Å²) in [6.07, 6.45) is 0.113. The molecule has 37 heavy (non-hydrogen) atoms. The number of amides is 1. The average molecular weight is 550 g/mol. The van der Waals surface area contributed by atoms with E-state index in [0.29, 0.717) is 23.8 Å². The molecule has 0 spiro atoms. The Bertz CT molecular complexity index is 1340. The number of hydrogen-bond donors (Lipinski definition) is 1. The van der Waals surface area contributed by atoms with Crippen LogP contribution in [0.4, 0.5) is 13.9 Å². The van der Waals surface area contributed by atoms with Gasteiger partial charge in [0.15, 0.2) is 15.0 Å². The lowest BCUT2D eigenvalue weighted by atomic mass is 10.0. The van der Waals surface area contributed by atoms with Crippen molar-refractivity contribution in [2.75, 3.05) is 11.1 Å². The molecule has 2 heterocycles. The van der Waals surface area contributed by atoms with Crippen molar-refractivity contribution in [1.82, 2.24) is 9.88 Å². The molecule has 1 N–H and O–H groups in total. The Balaban J connectivity index is 1.39. The maximum Gasteiger partial charge on any atom is 0.387 e. The van der Waals surface area contributed by atoms with Crippen molar-refractivity contribution >= 4 is 32.2 Å². The number of aromatic nitrogens is 1. The lowest BCUT2D eigenvalue weighted by Gasteiger charge is -2.27. The summed E-state index contributed by atoms with van der Waals surface area (Å²) in [4.78, 5) is 21.0. The topological polar surface area (TPSA) is 88.6 Å². The van der Waals surface area contributed by atoms with Crippen LogP contribution in [0.3, 0.4) is 0 Å². The summed E-state index contributed by atoms with van der Waals surface area (Å²) in [5.74, 6) is 0.205. The van der Waals surface area contributed by atoms with Crippen LogP contribution in [-0.4, -0.2) is 36.6 Å². The molecule has 7 nitrogen and oxygen atoms in total. The smallest absolute Gasteiger partial charge is 0.387 e. The molecule has 0 fully saturated rings. The molecule has 0 unspecified atom stereocenters. The van der Waals surface area contributed by atoms with Crippen LogP contribution in [0.2, 0.25) is 0 Å². The highest BCUT2D eigenvalue weighted by Crippen LogP contribution is 2.43. The van der Waals surface area contributed by atoms with Crippen LogP contribution < -0.4 is 10.1 Å². The van der Waals surface area contributed by atoms with E-state index < -0.39 is 16.4 Å². The second-order valence-corrected chi connectivity index (χ2v) is 12.6. The maximum atomic E-state index is 12.6. The summed E-state index contributed by atoms with van der Waals surface area (Å²) < 4.78 is 53.2. The maximum absolute atomic E-state index is 12.6. The monoisotopic (exact) mass is 549 g/mol. The van der Waals surface area contributed by atoms with E-state index in [1.807, 2.05) is 0 Å². The van der Waals surface area contributed by atoms with Crippen LogP contribution in [-0.2, 0) is 34.1 Å². The van der Waals surface area contributed by atoms with Crippen molar-refractivity contribution in [2.45, 2.75) is 57.8 Å². The van der Waals surface area contributed by atoms with E-state index in [-0.39, 0.29) is 40.7 Å². The first kappa shape index (κ1) is 27.2. The molecule has 4 rings (SSSR count). The zero-order valence-electron chi connectivity index (χ0n) is 20.8. The zero-order chi connectivity index (χ0) is 26.7. The van der Waals surface area contributed by atoms with Crippen LogP contribution in [0.1, 0.15) is 48.5 Å². The van der Waals surface area contributed by atoms with Crippen molar-refractivity contribution in [3.8, 4) is 5.75 Å². The molecule has 0 aliphatic carbocycles. The number of carbonyl (C=O) groups excluding carboxylic acids is 1. The van der Waals surface area contributed by atoms with Crippen LogP contribution in [0.5, 0.6) is 5.75 Å². The number of ether oxygens (including phenoxy) is 1. The molecule has 11 heteroatoms. The van der Waals surface area contributed by atoms with Gasteiger partial charge in [0.1, 0.15) is 5.75 Å². The second-order valence-electron chi connectivity index (χ2n) is 9.22.